The van der Waals surface area contributed by atoms with E-state index in [1.54, 1.807) is 0 Å². The normalized spacial score (nSPS) is 10.8. The van der Waals surface area contributed by atoms with Crippen LogP contribution in [0.2, 0.25) is 0 Å². The second kappa shape index (κ2) is 2.35. The number of anilines is 1. The number of thiophene rings is 1. The first-order valence-corrected chi connectivity index (χ1v) is 4.16. The maximum atomic E-state index is 12.9. The van der Waals surface area contributed by atoms with Crippen LogP contribution in [-0.4, -0.2) is 5.11 Å². The molecule has 0 fully saturated rings. The molecule has 12 heavy (non-hydrogen) atoms. The zero-order valence-electron chi connectivity index (χ0n) is 6.04. The molecule has 1 aromatic carbocycles. The Balaban J connectivity index is 2.83. The Bertz CT molecular complexity index is 399. The molecule has 2 nitrogen and oxygen atoms in total. The molecule has 1 aromatic heterocycles. The fourth-order valence-corrected chi connectivity index (χ4v) is 1.89. The van der Waals surface area contributed by atoms with Crippen LogP contribution >= 0.6 is 11.3 Å². The van der Waals surface area contributed by atoms with Crippen molar-refractivity contribution in [3.63, 3.8) is 0 Å². The average Bonchev–Trinajstić information content (AvgIpc) is 2.30. The molecule has 2 rings (SSSR count). The van der Waals surface area contributed by atoms with Gasteiger partial charge in [0.15, 0.2) is 5.06 Å². The molecule has 0 atom stereocenters. The Kier molecular flexibility index (Phi) is 1.44. The minimum absolute atomic E-state index is 0.115. The topological polar surface area (TPSA) is 46.2 Å². The highest BCUT2D eigenvalue weighted by Gasteiger charge is 2.04. The van der Waals surface area contributed by atoms with Crippen LogP contribution in [0.25, 0.3) is 10.1 Å². The number of nitrogen functional groups attached to an aromatic ring is 1. The number of aromatic hydroxyl groups is 1. The molecule has 0 radical (unpaired) electrons. The fourth-order valence-electron chi connectivity index (χ4n) is 1.06. The maximum Gasteiger partial charge on any atom is 0.172 e. The first kappa shape index (κ1) is 7.36. The van der Waals surface area contributed by atoms with E-state index in [-0.39, 0.29) is 10.8 Å². The van der Waals surface area contributed by atoms with Gasteiger partial charge in [0.1, 0.15) is 5.82 Å². The summed E-state index contributed by atoms with van der Waals surface area (Å²) in [5, 5.41) is 9.95. The van der Waals surface area contributed by atoms with Crippen LogP contribution in [0.3, 0.4) is 0 Å². The first-order chi connectivity index (χ1) is 5.66. The molecule has 0 saturated heterocycles. The van der Waals surface area contributed by atoms with E-state index in [1.807, 2.05) is 0 Å². The summed E-state index contributed by atoms with van der Waals surface area (Å²) in [7, 11) is 0. The summed E-state index contributed by atoms with van der Waals surface area (Å²) in [5.74, 6) is -0.444. The molecular formula is C8H6FNOS. The number of hydrogen-bond acceptors (Lipinski definition) is 3. The predicted octanol–water partition coefficient (Wildman–Crippen LogP) is 2.33. The molecule has 0 amide bonds. The quantitative estimate of drug-likeness (QED) is 0.616. The van der Waals surface area contributed by atoms with Crippen LogP contribution < -0.4 is 5.73 Å². The van der Waals surface area contributed by atoms with Gasteiger partial charge in [0.05, 0.1) is 5.69 Å². The highest BCUT2D eigenvalue weighted by Crippen LogP contribution is 2.32. The van der Waals surface area contributed by atoms with Gasteiger partial charge < -0.3 is 10.8 Å². The van der Waals surface area contributed by atoms with Crippen molar-refractivity contribution in [1.82, 2.24) is 0 Å². The van der Waals surface area contributed by atoms with Gasteiger partial charge in [-0.15, -0.1) is 0 Å². The minimum atomic E-state index is -0.444. The molecule has 4 heteroatoms. The molecule has 0 spiro atoms. The first-order valence-electron chi connectivity index (χ1n) is 3.34. The van der Waals surface area contributed by atoms with Crippen LogP contribution in [0.1, 0.15) is 0 Å². The predicted molar refractivity (Wildman–Crippen MR) is 47.9 cm³/mol. The summed E-state index contributed by atoms with van der Waals surface area (Å²) in [6.45, 7) is 0. The molecule has 3 N–H and O–H groups in total. The van der Waals surface area contributed by atoms with Crippen molar-refractivity contribution in [3.05, 3.63) is 24.0 Å². The SMILES string of the molecule is Nc1cc2sc(O)cc2cc1F. The minimum Gasteiger partial charge on any atom is -0.499 e. The van der Waals surface area contributed by atoms with Crippen molar-refractivity contribution in [2.45, 2.75) is 0 Å². The Morgan fingerprint density at radius 2 is 2.08 bits per heavy atom. The lowest BCUT2D eigenvalue weighted by molar-refractivity contribution is 0.491. The molecule has 2 aromatic rings. The van der Waals surface area contributed by atoms with Crippen LogP contribution in [-0.2, 0) is 0 Å². The number of nitrogens with two attached hydrogens (primary N) is 1. The molecule has 1 heterocycles. The summed E-state index contributed by atoms with van der Waals surface area (Å²) in [4.78, 5) is 0. The average molecular weight is 183 g/mol. The van der Waals surface area contributed by atoms with Gasteiger partial charge in [-0.1, -0.05) is 11.3 Å². The summed E-state index contributed by atoms with van der Waals surface area (Å²) in [6, 6.07) is 4.36. The van der Waals surface area contributed by atoms with Crippen LogP contribution in [0.4, 0.5) is 10.1 Å². The van der Waals surface area contributed by atoms with E-state index in [1.165, 1.54) is 29.5 Å². The van der Waals surface area contributed by atoms with Crippen molar-refractivity contribution in [3.8, 4) is 5.06 Å². The van der Waals surface area contributed by atoms with Gasteiger partial charge in [0, 0.05) is 4.70 Å². The largest absolute Gasteiger partial charge is 0.499 e. The lowest BCUT2D eigenvalue weighted by Gasteiger charge is -1.94. The molecule has 0 bridgehead atoms. The van der Waals surface area contributed by atoms with Crippen LogP contribution in [0.5, 0.6) is 5.06 Å². The fraction of sp³-hybridized carbons (Fsp3) is 0. The number of hydrogen-bond donors (Lipinski definition) is 2. The van der Waals surface area contributed by atoms with Crippen molar-refractivity contribution >= 4 is 27.1 Å². The lowest BCUT2D eigenvalue weighted by Crippen LogP contribution is -1.88. The van der Waals surface area contributed by atoms with Gasteiger partial charge in [-0.3, -0.25) is 0 Å². The van der Waals surface area contributed by atoms with E-state index < -0.39 is 5.82 Å². The summed E-state index contributed by atoms with van der Waals surface area (Å²) < 4.78 is 13.7. The second-order valence-electron chi connectivity index (χ2n) is 2.50. The van der Waals surface area contributed by atoms with E-state index in [9.17, 15) is 4.39 Å². The van der Waals surface area contributed by atoms with Crippen molar-refractivity contribution < 1.29 is 9.50 Å². The zero-order valence-corrected chi connectivity index (χ0v) is 6.86. The Morgan fingerprint density at radius 1 is 1.33 bits per heavy atom. The highest BCUT2D eigenvalue weighted by molar-refractivity contribution is 7.20. The summed E-state index contributed by atoms with van der Waals surface area (Å²) >= 11 is 1.18. The summed E-state index contributed by atoms with van der Waals surface area (Å²) in [6.07, 6.45) is 0. The molecule has 62 valence electrons. The van der Waals surface area contributed by atoms with Gasteiger partial charge in [-0.2, -0.15) is 0 Å². The second-order valence-corrected chi connectivity index (χ2v) is 3.56. The monoisotopic (exact) mass is 183 g/mol. The summed E-state index contributed by atoms with van der Waals surface area (Å²) in [5.41, 5.74) is 5.46. The Labute approximate surface area is 72.1 Å². The third-order valence-corrected chi connectivity index (χ3v) is 2.52. The standard InChI is InChI=1S/C8H6FNOS/c9-5-1-4-2-8(11)12-7(4)3-6(5)10/h1-3,11H,10H2. The Hall–Kier alpha value is -1.29. The van der Waals surface area contributed by atoms with Gasteiger partial charge in [-0.25, -0.2) is 4.39 Å². The maximum absolute atomic E-state index is 12.9. The van der Waals surface area contributed by atoms with E-state index in [2.05, 4.69) is 0 Å². The number of fused-ring (bicyclic) bond motifs is 1. The van der Waals surface area contributed by atoms with Crippen LogP contribution in [0, 0.1) is 5.82 Å². The van der Waals surface area contributed by atoms with E-state index >= 15 is 0 Å². The third-order valence-electron chi connectivity index (χ3n) is 1.62. The molecule has 0 aliphatic heterocycles. The molecule has 0 saturated carbocycles. The molecular weight excluding hydrogens is 177 g/mol. The number of benzene rings is 1. The van der Waals surface area contributed by atoms with E-state index in [0.717, 1.165) is 4.70 Å². The number of halogens is 1. The van der Waals surface area contributed by atoms with Crippen molar-refractivity contribution in [2.24, 2.45) is 0 Å². The molecule has 0 aliphatic rings. The van der Waals surface area contributed by atoms with Crippen LogP contribution in [0.15, 0.2) is 18.2 Å². The van der Waals surface area contributed by atoms with Gasteiger partial charge in [0.2, 0.25) is 0 Å². The van der Waals surface area contributed by atoms with E-state index in [4.69, 9.17) is 10.8 Å². The van der Waals surface area contributed by atoms with Gasteiger partial charge in [0.25, 0.3) is 0 Å². The third kappa shape index (κ3) is 1.00. The van der Waals surface area contributed by atoms with Crippen molar-refractivity contribution in [1.29, 1.82) is 0 Å². The smallest absolute Gasteiger partial charge is 0.172 e. The Morgan fingerprint density at radius 3 is 2.83 bits per heavy atom. The van der Waals surface area contributed by atoms with Gasteiger partial charge >= 0.3 is 0 Å². The highest BCUT2D eigenvalue weighted by atomic mass is 32.1. The van der Waals surface area contributed by atoms with E-state index in [0.29, 0.717) is 5.39 Å². The lowest BCUT2D eigenvalue weighted by atomic mass is 10.2. The van der Waals surface area contributed by atoms with Crippen molar-refractivity contribution in [2.75, 3.05) is 5.73 Å². The number of rotatable bonds is 0. The zero-order chi connectivity index (χ0) is 8.72. The molecule has 0 unspecified atom stereocenters. The molecule has 0 aliphatic carbocycles. The van der Waals surface area contributed by atoms with Gasteiger partial charge in [-0.05, 0) is 23.6 Å².